The first-order valence-corrected chi connectivity index (χ1v) is 12.8. The van der Waals surface area contributed by atoms with Crippen LogP contribution < -0.4 is 10.3 Å². The number of pyridine rings is 1. The van der Waals surface area contributed by atoms with Gasteiger partial charge in [-0.05, 0) is 70.6 Å². The molecular weight excluding hydrogens is 480 g/mol. The van der Waals surface area contributed by atoms with Crippen LogP contribution >= 0.6 is 0 Å². The highest BCUT2D eigenvalue weighted by Crippen LogP contribution is 2.29. The van der Waals surface area contributed by atoms with E-state index in [1.54, 1.807) is 18.1 Å². The van der Waals surface area contributed by atoms with Crippen molar-refractivity contribution in [2.24, 2.45) is 0 Å². The summed E-state index contributed by atoms with van der Waals surface area (Å²) < 4.78 is 12.7. The van der Waals surface area contributed by atoms with Crippen LogP contribution in [0.4, 0.5) is 0 Å². The lowest BCUT2D eigenvalue weighted by molar-refractivity contribution is 0.155. The molecule has 0 bridgehead atoms. The molecule has 0 saturated heterocycles. The monoisotopic (exact) mass is 512 g/mol. The molecule has 0 aliphatic rings. The molecule has 9 nitrogen and oxygen atoms in total. The van der Waals surface area contributed by atoms with Gasteiger partial charge in [0.1, 0.15) is 18.1 Å². The van der Waals surface area contributed by atoms with Crippen LogP contribution in [0.15, 0.2) is 76.1 Å². The van der Waals surface area contributed by atoms with Gasteiger partial charge in [0, 0.05) is 18.7 Å². The van der Waals surface area contributed by atoms with Crippen molar-refractivity contribution in [2.45, 2.75) is 52.4 Å². The van der Waals surface area contributed by atoms with Crippen LogP contribution in [0.2, 0.25) is 0 Å². The summed E-state index contributed by atoms with van der Waals surface area (Å²) in [5.74, 6) is 2.32. The van der Waals surface area contributed by atoms with E-state index in [1.807, 2.05) is 55.5 Å². The Hall–Kier alpha value is -4.24. The average Bonchev–Trinajstić information content (AvgIpc) is 3.61. The minimum absolute atomic E-state index is 0.0862. The van der Waals surface area contributed by atoms with Crippen molar-refractivity contribution >= 4 is 10.9 Å². The number of furan rings is 1. The Kier molecular flexibility index (Phi) is 7.65. The van der Waals surface area contributed by atoms with E-state index < -0.39 is 0 Å². The maximum Gasteiger partial charge on any atom is 0.252 e. The highest BCUT2D eigenvalue weighted by Gasteiger charge is 2.27. The predicted molar refractivity (Wildman–Crippen MR) is 145 cm³/mol. The number of fused-ring (bicyclic) bond motifs is 1. The van der Waals surface area contributed by atoms with Crippen LogP contribution in [-0.4, -0.2) is 37.2 Å². The number of aromatic amines is 1. The quantitative estimate of drug-likeness (QED) is 0.265. The summed E-state index contributed by atoms with van der Waals surface area (Å²) in [6.07, 6.45) is 3.39. The summed E-state index contributed by atoms with van der Waals surface area (Å²) in [6.45, 7) is 5.62. The molecule has 3 heterocycles. The maximum absolute atomic E-state index is 13.2. The first-order chi connectivity index (χ1) is 18.6. The smallest absolute Gasteiger partial charge is 0.252 e. The Morgan fingerprint density at radius 1 is 1.11 bits per heavy atom. The van der Waals surface area contributed by atoms with E-state index in [0.717, 1.165) is 52.2 Å². The SMILES string of the molecule is CCCC(c1nnnn1Cc1ccco1)N(Cc1ccc(OC)cc1)Cc1cc2cccc(C)c2[nH]c1=O. The fourth-order valence-corrected chi connectivity index (χ4v) is 4.87. The molecule has 1 unspecified atom stereocenters. The van der Waals surface area contributed by atoms with E-state index >= 15 is 0 Å². The molecule has 5 aromatic rings. The molecule has 38 heavy (non-hydrogen) atoms. The largest absolute Gasteiger partial charge is 0.497 e. The first kappa shape index (κ1) is 25.4. The van der Waals surface area contributed by atoms with Crippen molar-refractivity contribution in [1.82, 2.24) is 30.1 Å². The number of nitrogens with one attached hydrogen (secondary N) is 1. The van der Waals surface area contributed by atoms with Crippen molar-refractivity contribution in [3.8, 4) is 5.75 Å². The highest BCUT2D eigenvalue weighted by molar-refractivity contribution is 5.81. The van der Waals surface area contributed by atoms with Gasteiger partial charge in [-0.15, -0.1) is 5.10 Å². The molecule has 5 rings (SSSR count). The molecule has 2 aromatic carbocycles. The summed E-state index contributed by atoms with van der Waals surface area (Å²) in [5.41, 5.74) is 3.63. The lowest BCUT2D eigenvalue weighted by atomic mass is 10.0. The van der Waals surface area contributed by atoms with E-state index in [1.165, 1.54) is 0 Å². The van der Waals surface area contributed by atoms with Gasteiger partial charge >= 0.3 is 0 Å². The van der Waals surface area contributed by atoms with E-state index in [9.17, 15) is 4.79 Å². The number of para-hydroxylation sites is 1. The van der Waals surface area contributed by atoms with Crippen molar-refractivity contribution < 1.29 is 9.15 Å². The zero-order chi connectivity index (χ0) is 26.5. The third-order valence-corrected chi connectivity index (χ3v) is 6.83. The molecule has 3 aromatic heterocycles. The van der Waals surface area contributed by atoms with E-state index in [-0.39, 0.29) is 11.6 Å². The molecule has 0 fully saturated rings. The van der Waals surface area contributed by atoms with Crippen molar-refractivity contribution in [2.75, 3.05) is 7.11 Å². The zero-order valence-corrected chi connectivity index (χ0v) is 21.9. The van der Waals surface area contributed by atoms with E-state index in [2.05, 4.69) is 44.5 Å². The molecule has 0 saturated carbocycles. The number of rotatable bonds is 11. The van der Waals surface area contributed by atoms with Gasteiger partial charge in [-0.3, -0.25) is 9.69 Å². The average molecular weight is 513 g/mol. The molecule has 0 aliphatic carbocycles. The van der Waals surface area contributed by atoms with Gasteiger partial charge in [0.15, 0.2) is 5.82 Å². The molecule has 0 radical (unpaired) electrons. The number of H-pyrrole nitrogens is 1. The second-order valence-corrected chi connectivity index (χ2v) is 9.49. The molecule has 0 amide bonds. The van der Waals surface area contributed by atoms with Gasteiger partial charge in [0.25, 0.3) is 5.56 Å². The molecule has 0 aliphatic heterocycles. The number of aromatic nitrogens is 5. The molecular formula is C29H32N6O3. The van der Waals surface area contributed by atoms with Crippen LogP contribution in [0.25, 0.3) is 10.9 Å². The minimum atomic E-state index is -0.125. The van der Waals surface area contributed by atoms with Crippen molar-refractivity contribution in [3.63, 3.8) is 0 Å². The van der Waals surface area contributed by atoms with Crippen LogP contribution in [0.3, 0.4) is 0 Å². The molecule has 1 atom stereocenters. The second-order valence-electron chi connectivity index (χ2n) is 9.49. The molecule has 0 spiro atoms. The number of hydrogen-bond acceptors (Lipinski definition) is 7. The first-order valence-electron chi connectivity index (χ1n) is 12.8. The summed E-state index contributed by atoms with van der Waals surface area (Å²) in [6, 6.07) is 19.7. The lowest BCUT2D eigenvalue weighted by Gasteiger charge is -2.31. The van der Waals surface area contributed by atoms with Gasteiger partial charge in [0.2, 0.25) is 0 Å². The number of ether oxygens (including phenoxy) is 1. The van der Waals surface area contributed by atoms with Crippen LogP contribution in [-0.2, 0) is 19.6 Å². The van der Waals surface area contributed by atoms with Gasteiger partial charge in [-0.2, -0.15) is 0 Å². The Labute approximate surface area is 221 Å². The van der Waals surface area contributed by atoms with Gasteiger partial charge < -0.3 is 14.1 Å². The van der Waals surface area contributed by atoms with Crippen molar-refractivity contribution in [1.29, 1.82) is 0 Å². The van der Waals surface area contributed by atoms with Crippen LogP contribution in [0, 0.1) is 6.92 Å². The fraction of sp³-hybridized carbons (Fsp3) is 0.310. The summed E-state index contributed by atoms with van der Waals surface area (Å²) in [4.78, 5) is 18.6. The Bertz CT molecular complexity index is 1540. The third kappa shape index (κ3) is 5.52. The topological polar surface area (TPSA) is 102 Å². The Morgan fingerprint density at radius 3 is 2.68 bits per heavy atom. The standard InChI is InChI=1S/C29H32N6O3/c1-4-7-26(28-31-32-33-35(28)19-25-10-6-15-38-25)34(17-21-11-13-24(37-3)14-12-21)18-23-16-22-9-5-8-20(2)27(22)30-29(23)36/h5-6,8-16,26H,4,7,17-19H2,1-3H3,(H,30,36). The minimum Gasteiger partial charge on any atom is -0.497 e. The van der Waals surface area contributed by atoms with Gasteiger partial charge in [0.05, 0.1) is 24.9 Å². The van der Waals surface area contributed by atoms with Crippen LogP contribution in [0.1, 0.15) is 54.1 Å². The fourth-order valence-electron chi connectivity index (χ4n) is 4.87. The number of methoxy groups -OCH3 is 1. The van der Waals surface area contributed by atoms with E-state index in [4.69, 9.17) is 9.15 Å². The third-order valence-electron chi connectivity index (χ3n) is 6.83. The predicted octanol–water partition coefficient (Wildman–Crippen LogP) is 5.02. The van der Waals surface area contributed by atoms with Gasteiger partial charge in [-0.1, -0.05) is 43.7 Å². The number of tetrazole rings is 1. The maximum atomic E-state index is 13.2. The Balaban J connectivity index is 1.54. The highest BCUT2D eigenvalue weighted by atomic mass is 16.5. The normalized spacial score (nSPS) is 12.3. The number of hydrogen-bond donors (Lipinski definition) is 1. The number of nitrogens with zero attached hydrogens (tertiary/aromatic N) is 5. The summed E-state index contributed by atoms with van der Waals surface area (Å²) in [5, 5.41) is 13.7. The second kappa shape index (κ2) is 11.4. The Morgan fingerprint density at radius 2 is 1.95 bits per heavy atom. The van der Waals surface area contributed by atoms with E-state index in [0.29, 0.717) is 25.2 Å². The number of aryl methyl sites for hydroxylation is 1. The van der Waals surface area contributed by atoms with Crippen molar-refractivity contribution in [3.05, 3.63) is 106 Å². The lowest BCUT2D eigenvalue weighted by Crippen LogP contribution is -2.32. The summed E-state index contributed by atoms with van der Waals surface area (Å²) in [7, 11) is 1.66. The number of benzene rings is 2. The zero-order valence-electron chi connectivity index (χ0n) is 21.9. The molecule has 1 N–H and O–H groups in total. The summed E-state index contributed by atoms with van der Waals surface area (Å²) >= 11 is 0. The molecule has 9 heteroatoms. The van der Waals surface area contributed by atoms with Crippen LogP contribution in [0.5, 0.6) is 5.75 Å². The van der Waals surface area contributed by atoms with Gasteiger partial charge in [-0.25, -0.2) is 4.68 Å². The molecule has 196 valence electrons.